The van der Waals surface area contributed by atoms with Crippen molar-refractivity contribution >= 4 is 15.9 Å². The molecule has 1 unspecified atom stereocenters. The average Bonchev–Trinajstić information content (AvgIpc) is 2.72. The highest BCUT2D eigenvalue weighted by molar-refractivity contribution is 9.10. The summed E-state index contributed by atoms with van der Waals surface area (Å²) in [5.41, 5.74) is 4.56. The number of aryl methyl sites for hydroxylation is 3. The Labute approximate surface area is 128 Å². The van der Waals surface area contributed by atoms with Crippen molar-refractivity contribution in [3.63, 3.8) is 0 Å². The molecule has 2 aromatic heterocycles. The zero-order valence-electron chi connectivity index (χ0n) is 12.4. The van der Waals surface area contributed by atoms with Gasteiger partial charge in [-0.1, -0.05) is 13.0 Å². The van der Waals surface area contributed by atoms with Gasteiger partial charge < -0.3 is 5.32 Å². The Kier molecular flexibility index (Phi) is 4.94. The van der Waals surface area contributed by atoms with Crippen LogP contribution in [0.25, 0.3) is 0 Å². The van der Waals surface area contributed by atoms with Crippen molar-refractivity contribution in [2.75, 3.05) is 6.54 Å². The fourth-order valence-electron chi connectivity index (χ4n) is 2.38. The maximum atomic E-state index is 4.64. The first kappa shape index (κ1) is 15.2. The first-order chi connectivity index (χ1) is 9.54. The molecular weight excluding hydrogens is 316 g/mol. The van der Waals surface area contributed by atoms with Crippen LogP contribution in [0.5, 0.6) is 0 Å². The van der Waals surface area contributed by atoms with Crippen LogP contribution in [0.1, 0.15) is 41.9 Å². The van der Waals surface area contributed by atoms with Crippen LogP contribution in [0.4, 0.5) is 0 Å². The van der Waals surface area contributed by atoms with Gasteiger partial charge in [0.15, 0.2) is 0 Å². The van der Waals surface area contributed by atoms with E-state index in [1.54, 1.807) is 0 Å². The van der Waals surface area contributed by atoms with Crippen LogP contribution in [0.2, 0.25) is 0 Å². The van der Waals surface area contributed by atoms with Crippen LogP contribution in [-0.4, -0.2) is 21.3 Å². The zero-order chi connectivity index (χ0) is 14.7. The summed E-state index contributed by atoms with van der Waals surface area (Å²) in [6, 6.07) is 2.23. The standard InChI is InChI=1S/C15H21BrN4/c1-5-6-17-14(15-12(16)9-19-20(15)4)13-11(3)7-10(2)8-18-13/h7-9,14,17H,5-6H2,1-4H3. The number of hydrogen-bond donors (Lipinski definition) is 1. The number of rotatable bonds is 5. The Morgan fingerprint density at radius 2 is 2.10 bits per heavy atom. The van der Waals surface area contributed by atoms with E-state index in [0.717, 1.165) is 28.8 Å². The number of nitrogens with zero attached hydrogens (tertiary/aromatic N) is 3. The number of aromatic nitrogens is 3. The van der Waals surface area contributed by atoms with Crippen molar-refractivity contribution in [2.45, 2.75) is 33.2 Å². The van der Waals surface area contributed by atoms with Gasteiger partial charge in [0, 0.05) is 13.2 Å². The molecule has 5 heteroatoms. The second-order valence-corrected chi connectivity index (χ2v) is 5.96. The molecule has 108 valence electrons. The number of hydrogen-bond acceptors (Lipinski definition) is 3. The number of nitrogens with one attached hydrogen (secondary N) is 1. The van der Waals surface area contributed by atoms with Crippen molar-refractivity contribution < 1.29 is 0 Å². The normalized spacial score (nSPS) is 12.7. The third kappa shape index (κ3) is 3.10. The van der Waals surface area contributed by atoms with Gasteiger partial charge in [0.1, 0.15) is 0 Å². The van der Waals surface area contributed by atoms with Gasteiger partial charge in [0.05, 0.1) is 28.1 Å². The average molecular weight is 337 g/mol. The van der Waals surface area contributed by atoms with Gasteiger partial charge in [0.25, 0.3) is 0 Å². The molecule has 0 aliphatic carbocycles. The van der Waals surface area contributed by atoms with Crippen molar-refractivity contribution in [3.8, 4) is 0 Å². The molecule has 0 amide bonds. The Hall–Kier alpha value is -1.20. The Bertz CT molecular complexity index is 572. The largest absolute Gasteiger partial charge is 0.304 e. The van der Waals surface area contributed by atoms with Crippen LogP contribution in [0, 0.1) is 13.8 Å². The molecule has 1 atom stereocenters. The molecule has 0 aliphatic heterocycles. The molecule has 20 heavy (non-hydrogen) atoms. The summed E-state index contributed by atoms with van der Waals surface area (Å²) >= 11 is 3.59. The summed E-state index contributed by atoms with van der Waals surface area (Å²) in [6.07, 6.45) is 4.84. The van der Waals surface area contributed by atoms with Crippen LogP contribution >= 0.6 is 15.9 Å². The molecule has 2 heterocycles. The molecule has 0 aliphatic rings. The maximum absolute atomic E-state index is 4.64. The van der Waals surface area contributed by atoms with Gasteiger partial charge in [0.2, 0.25) is 0 Å². The van der Waals surface area contributed by atoms with Gasteiger partial charge in [-0.3, -0.25) is 9.67 Å². The van der Waals surface area contributed by atoms with E-state index in [0.29, 0.717) is 0 Å². The lowest BCUT2D eigenvalue weighted by Crippen LogP contribution is -2.27. The second kappa shape index (κ2) is 6.50. The minimum atomic E-state index is 0.0532. The molecule has 0 bridgehead atoms. The molecule has 1 N–H and O–H groups in total. The smallest absolute Gasteiger partial charge is 0.0936 e. The Morgan fingerprint density at radius 1 is 1.35 bits per heavy atom. The van der Waals surface area contributed by atoms with Gasteiger partial charge in [-0.2, -0.15) is 5.10 Å². The topological polar surface area (TPSA) is 42.7 Å². The fourth-order valence-corrected chi connectivity index (χ4v) is 2.96. The van der Waals surface area contributed by atoms with Gasteiger partial charge in [-0.15, -0.1) is 0 Å². The molecule has 2 aromatic rings. The van der Waals surface area contributed by atoms with Gasteiger partial charge >= 0.3 is 0 Å². The minimum absolute atomic E-state index is 0.0532. The van der Waals surface area contributed by atoms with Crippen LogP contribution < -0.4 is 5.32 Å². The summed E-state index contributed by atoms with van der Waals surface area (Å²) in [5.74, 6) is 0. The highest BCUT2D eigenvalue weighted by Gasteiger charge is 2.22. The monoisotopic (exact) mass is 336 g/mol. The minimum Gasteiger partial charge on any atom is -0.304 e. The van der Waals surface area contributed by atoms with Crippen LogP contribution in [-0.2, 0) is 7.05 Å². The Balaban J connectivity index is 2.47. The molecule has 0 fully saturated rings. The van der Waals surface area contributed by atoms with E-state index in [9.17, 15) is 0 Å². The maximum Gasteiger partial charge on any atom is 0.0936 e. The van der Waals surface area contributed by atoms with Crippen molar-refractivity contribution in [3.05, 3.63) is 45.4 Å². The Morgan fingerprint density at radius 3 is 2.65 bits per heavy atom. The summed E-state index contributed by atoms with van der Waals surface area (Å²) in [7, 11) is 1.96. The molecule has 0 spiro atoms. The SMILES string of the molecule is CCCNC(c1ncc(C)cc1C)c1c(Br)cnn1C. The van der Waals surface area contributed by atoms with E-state index in [2.05, 4.69) is 58.2 Å². The van der Waals surface area contributed by atoms with Crippen molar-refractivity contribution in [1.82, 2.24) is 20.1 Å². The number of pyridine rings is 1. The third-order valence-corrected chi connectivity index (χ3v) is 3.95. The third-order valence-electron chi connectivity index (χ3n) is 3.34. The summed E-state index contributed by atoms with van der Waals surface area (Å²) in [4.78, 5) is 4.64. The summed E-state index contributed by atoms with van der Waals surface area (Å²) in [5, 5.41) is 7.90. The van der Waals surface area contributed by atoms with E-state index in [-0.39, 0.29) is 6.04 Å². The molecule has 2 rings (SSSR count). The lowest BCUT2D eigenvalue weighted by atomic mass is 10.0. The summed E-state index contributed by atoms with van der Waals surface area (Å²) < 4.78 is 2.91. The molecule has 0 aromatic carbocycles. The molecule has 0 radical (unpaired) electrons. The van der Waals surface area contributed by atoms with E-state index in [1.807, 2.05) is 24.1 Å². The van der Waals surface area contributed by atoms with Crippen molar-refractivity contribution in [1.29, 1.82) is 0 Å². The van der Waals surface area contributed by atoms with E-state index < -0.39 is 0 Å². The number of halogens is 1. The van der Waals surface area contributed by atoms with Gasteiger partial charge in [-0.25, -0.2) is 0 Å². The highest BCUT2D eigenvalue weighted by Crippen LogP contribution is 2.29. The van der Waals surface area contributed by atoms with E-state index >= 15 is 0 Å². The van der Waals surface area contributed by atoms with Crippen LogP contribution in [0.15, 0.2) is 22.9 Å². The predicted octanol–water partition coefficient (Wildman–Crippen LogP) is 3.28. The molecule has 4 nitrogen and oxygen atoms in total. The molecule has 0 saturated heterocycles. The first-order valence-corrected chi connectivity index (χ1v) is 7.67. The van der Waals surface area contributed by atoms with Crippen LogP contribution in [0.3, 0.4) is 0 Å². The summed E-state index contributed by atoms with van der Waals surface area (Å²) in [6.45, 7) is 7.29. The zero-order valence-corrected chi connectivity index (χ0v) is 14.0. The van der Waals surface area contributed by atoms with Gasteiger partial charge in [-0.05, 0) is 53.9 Å². The highest BCUT2D eigenvalue weighted by atomic mass is 79.9. The molecular formula is C15H21BrN4. The van der Waals surface area contributed by atoms with E-state index in [1.165, 1.54) is 11.1 Å². The predicted molar refractivity (Wildman–Crippen MR) is 84.8 cm³/mol. The lowest BCUT2D eigenvalue weighted by Gasteiger charge is -2.21. The lowest BCUT2D eigenvalue weighted by molar-refractivity contribution is 0.540. The first-order valence-electron chi connectivity index (χ1n) is 6.88. The second-order valence-electron chi connectivity index (χ2n) is 5.10. The van der Waals surface area contributed by atoms with Crippen molar-refractivity contribution in [2.24, 2.45) is 7.05 Å². The quantitative estimate of drug-likeness (QED) is 0.910. The van der Waals surface area contributed by atoms with E-state index in [4.69, 9.17) is 0 Å². The fraction of sp³-hybridized carbons (Fsp3) is 0.467. The molecule has 0 saturated carbocycles.